The predicted octanol–water partition coefficient (Wildman–Crippen LogP) is 2.81. The van der Waals surface area contributed by atoms with E-state index in [0.717, 1.165) is 25.9 Å². The summed E-state index contributed by atoms with van der Waals surface area (Å²) in [5.41, 5.74) is 0.113. The van der Waals surface area contributed by atoms with Gasteiger partial charge in [0.1, 0.15) is 0 Å². The van der Waals surface area contributed by atoms with E-state index in [1.165, 1.54) is 26.4 Å². The third-order valence-corrected chi connectivity index (χ3v) is 4.39. The van der Waals surface area contributed by atoms with Crippen LogP contribution in [0.1, 0.15) is 26.2 Å². The van der Waals surface area contributed by atoms with Gasteiger partial charge in [-0.3, -0.25) is 4.79 Å². The molecule has 2 atom stereocenters. The number of piperidine rings is 1. The highest BCUT2D eigenvalue weighted by atomic mass is 19.1. The van der Waals surface area contributed by atoms with Gasteiger partial charge in [-0.2, -0.15) is 0 Å². The van der Waals surface area contributed by atoms with Crippen LogP contribution in [0, 0.1) is 17.7 Å². The lowest BCUT2D eigenvalue weighted by molar-refractivity contribution is -0.117. The van der Waals surface area contributed by atoms with Crippen LogP contribution < -0.4 is 20.1 Å². The standard InChI is InChI=1S/C17H25FN2O3/c1-11(12-5-4-6-19-10-12)7-17(21)20-14-9-16(23-3)15(22-2)8-13(14)18/h8-9,11-12,19H,4-7,10H2,1-3H3,(H,20,21). The van der Waals surface area contributed by atoms with Gasteiger partial charge in [-0.05, 0) is 37.8 Å². The fourth-order valence-electron chi connectivity index (χ4n) is 2.97. The third kappa shape index (κ3) is 4.58. The molecule has 128 valence electrons. The molecule has 1 aliphatic heterocycles. The van der Waals surface area contributed by atoms with Crippen LogP contribution in [0.4, 0.5) is 10.1 Å². The summed E-state index contributed by atoms with van der Waals surface area (Å²) in [5, 5.41) is 5.99. The maximum atomic E-state index is 14.0. The molecule has 23 heavy (non-hydrogen) atoms. The maximum Gasteiger partial charge on any atom is 0.224 e. The van der Waals surface area contributed by atoms with Crippen molar-refractivity contribution in [2.45, 2.75) is 26.2 Å². The fraction of sp³-hybridized carbons (Fsp3) is 0.588. The van der Waals surface area contributed by atoms with Crippen LogP contribution in [0.25, 0.3) is 0 Å². The van der Waals surface area contributed by atoms with Gasteiger partial charge < -0.3 is 20.1 Å². The van der Waals surface area contributed by atoms with Gasteiger partial charge >= 0.3 is 0 Å². The zero-order valence-electron chi connectivity index (χ0n) is 13.9. The number of rotatable bonds is 6. The van der Waals surface area contributed by atoms with Gasteiger partial charge in [-0.25, -0.2) is 4.39 Å². The number of anilines is 1. The summed E-state index contributed by atoms with van der Waals surface area (Å²) in [6.07, 6.45) is 2.65. The topological polar surface area (TPSA) is 59.6 Å². The summed E-state index contributed by atoms with van der Waals surface area (Å²) in [5.74, 6) is 0.700. The monoisotopic (exact) mass is 324 g/mol. The highest BCUT2D eigenvalue weighted by Gasteiger charge is 2.22. The van der Waals surface area contributed by atoms with E-state index in [0.29, 0.717) is 23.8 Å². The van der Waals surface area contributed by atoms with Crippen molar-refractivity contribution in [1.82, 2.24) is 5.32 Å². The van der Waals surface area contributed by atoms with Gasteiger partial charge in [0.05, 0.1) is 19.9 Å². The predicted molar refractivity (Wildman–Crippen MR) is 87.5 cm³/mol. The second kappa shape index (κ2) is 8.15. The highest BCUT2D eigenvalue weighted by molar-refractivity contribution is 5.91. The Kier molecular flexibility index (Phi) is 6.21. The molecule has 2 unspecified atom stereocenters. The Morgan fingerprint density at radius 1 is 1.39 bits per heavy atom. The van der Waals surface area contributed by atoms with Crippen LogP contribution in [-0.4, -0.2) is 33.2 Å². The molecule has 0 aliphatic carbocycles. The van der Waals surface area contributed by atoms with Crippen molar-refractivity contribution in [3.8, 4) is 11.5 Å². The number of carbonyl (C=O) groups excluding carboxylic acids is 1. The van der Waals surface area contributed by atoms with E-state index in [9.17, 15) is 9.18 Å². The molecule has 1 aromatic rings. The van der Waals surface area contributed by atoms with Crippen LogP contribution in [0.2, 0.25) is 0 Å². The molecule has 1 heterocycles. The largest absolute Gasteiger partial charge is 0.493 e. The van der Waals surface area contributed by atoms with Gasteiger partial charge in [-0.15, -0.1) is 0 Å². The molecule has 2 N–H and O–H groups in total. The first-order valence-corrected chi connectivity index (χ1v) is 7.97. The smallest absolute Gasteiger partial charge is 0.224 e. The van der Waals surface area contributed by atoms with Gasteiger partial charge in [0.2, 0.25) is 5.91 Å². The van der Waals surface area contributed by atoms with Crippen LogP contribution in [0.3, 0.4) is 0 Å². The number of amides is 1. The van der Waals surface area contributed by atoms with Crippen LogP contribution in [0.15, 0.2) is 12.1 Å². The highest BCUT2D eigenvalue weighted by Crippen LogP contribution is 2.32. The van der Waals surface area contributed by atoms with Crippen molar-refractivity contribution in [2.24, 2.45) is 11.8 Å². The molecule has 0 spiro atoms. The average molecular weight is 324 g/mol. The fourth-order valence-corrected chi connectivity index (χ4v) is 2.97. The minimum atomic E-state index is -0.539. The molecule has 0 saturated carbocycles. The lowest BCUT2D eigenvalue weighted by atomic mass is 9.85. The molecule has 1 fully saturated rings. The number of halogens is 1. The van der Waals surface area contributed by atoms with Crippen LogP contribution in [0.5, 0.6) is 11.5 Å². The number of nitrogens with one attached hydrogen (secondary N) is 2. The van der Waals surface area contributed by atoms with Gasteiger partial charge in [0, 0.05) is 18.6 Å². The Hall–Kier alpha value is -1.82. The van der Waals surface area contributed by atoms with Crippen molar-refractivity contribution < 1.29 is 18.7 Å². The lowest BCUT2D eigenvalue weighted by Gasteiger charge is -2.28. The molecule has 1 saturated heterocycles. The number of benzene rings is 1. The van der Waals surface area contributed by atoms with Crippen LogP contribution in [-0.2, 0) is 4.79 Å². The summed E-state index contributed by atoms with van der Waals surface area (Å²) < 4.78 is 24.2. The molecule has 1 amide bonds. The number of carbonyl (C=O) groups is 1. The van der Waals surface area contributed by atoms with E-state index >= 15 is 0 Å². The van der Waals surface area contributed by atoms with E-state index in [-0.39, 0.29) is 17.5 Å². The Balaban J connectivity index is 1.99. The molecule has 6 heteroatoms. The number of methoxy groups -OCH3 is 2. The van der Waals surface area contributed by atoms with Crippen molar-refractivity contribution >= 4 is 11.6 Å². The van der Waals surface area contributed by atoms with E-state index < -0.39 is 5.82 Å². The number of ether oxygens (including phenoxy) is 2. The van der Waals surface area contributed by atoms with Gasteiger partial charge in [0.25, 0.3) is 0 Å². The molecular formula is C17H25FN2O3. The molecule has 0 radical (unpaired) electrons. The summed E-state index contributed by atoms with van der Waals surface area (Å²) in [4.78, 5) is 12.2. The maximum absolute atomic E-state index is 14.0. The first-order valence-electron chi connectivity index (χ1n) is 7.97. The molecule has 1 aliphatic rings. The zero-order chi connectivity index (χ0) is 16.8. The van der Waals surface area contributed by atoms with Gasteiger partial charge in [-0.1, -0.05) is 6.92 Å². The average Bonchev–Trinajstić information content (AvgIpc) is 2.56. The molecule has 0 aromatic heterocycles. The second-order valence-corrected chi connectivity index (χ2v) is 6.02. The van der Waals surface area contributed by atoms with Gasteiger partial charge in [0.15, 0.2) is 17.3 Å². The molecule has 0 bridgehead atoms. The minimum absolute atomic E-state index is 0.113. The quantitative estimate of drug-likeness (QED) is 0.845. The molecular weight excluding hydrogens is 299 g/mol. The molecule has 1 aromatic carbocycles. The summed E-state index contributed by atoms with van der Waals surface area (Å²) in [6, 6.07) is 2.65. The second-order valence-electron chi connectivity index (χ2n) is 6.02. The summed E-state index contributed by atoms with van der Waals surface area (Å²) in [6.45, 7) is 4.06. The Morgan fingerprint density at radius 3 is 2.70 bits per heavy atom. The molecule has 5 nitrogen and oxygen atoms in total. The molecule has 2 rings (SSSR count). The van der Waals surface area contributed by atoms with E-state index in [1.807, 2.05) is 0 Å². The van der Waals surface area contributed by atoms with Crippen LogP contribution >= 0.6 is 0 Å². The van der Waals surface area contributed by atoms with E-state index in [4.69, 9.17) is 9.47 Å². The number of hydrogen-bond acceptors (Lipinski definition) is 4. The van der Waals surface area contributed by atoms with Crippen molar-refractivity contribution in [1.29, 1.82) is 0 Å². The Labute approximate surface area is 136 Å². The summed E-state index contributed by atoms with van der Waals surface area (Å²) >= 11 is 0. The third-order valence-electron chi connectivity index (χ3n) is 4.39. The number of hydrogen-bond donors (Lipinski definition) is 2. The lowest BCUT2D eigenvalue weighted by Crippen LogP contribution is -2.34. The van der Waals surface area contributed by atoms with Crippen molar-refractivity contribution in [3.05, 3.63) is 17.9 Å². The Morgan fingerprint density at radius 2 is 2.09 bits per heavy atom. The van der Waals surface area contributed by atoms with E-state index in [2.05, 4.69) is 17.6 Å². The normalized spacial score (nSPS) is 19.0. The van der Waals surface area contributed by atoms with Crippen molar-refractivity contribution in [2.75, 3.05) is 32.6 Å². The first-order chi connectivity index (χ1) is 11.0. The minimum Gasteiger partial charge on any atom is -0.493 e. The van der Waals surface area contributed by atoms with Crippen molar-refractivity contribution in [3.63, 3.8) is 0 Å². The zero-order valence-corrected chi connectivity index (χ0v) is 13.9. The first kappa shape index (κ1) is 17.5. The Bertz CT molecular complexity index is 545. The SMILES string of the molecule is COc1cc(F)c(NC(=O)CC(C)C2CCCNC2)cc1OC. The summed E-state index contributed by atoms with van der Waals surface area (Å²) in [7, 11) is 2.91. The van der Waals surface area contributed by atoms with E-state index in [1.54, 1.807) is 0 Å².